The van der Waals surface area contributed by atoms with E-state index in [1.807, 2.05) is 12.1 Å². The summed E-state index contributed by atoms with van der Waals surface area (Å²) in [5, 5.41) is 3.40. The van der Waals surface area contributed by atoms with Gasteiger partial charge in [0.15, 0.2) is 5.90 Å². The highest BCUT2D eigenvalue weighted by Crippen LogP contribution is 2.28. The van der Waals surface area contributed by atoms with Gasteiger partial charge in [0.25, 0.3) is 0 Å². The van der Waals surface area contributed by atoms with Crippen molar-refractivity contribution in [1.29, 1.82) is 0 Å². The topological polar surface area (TPSA) is 42.9 Å². The van der Waals surface area contributed by atoms with E-state index in [2.05, 4.69) is 17.4 Å². The number of methoxy groups -OCH3 is 1. The molecule has 2 aliphatic heterocycles. The Morgan fingerprint density at radius 1 is 1.32 bits per heavy atom. The molecule has 3 rings (SSSR count). The summed E-state index contributed by atoms with van der Waals surface area (Å²) < 4.78 is 11.0. The van der Waals surface area contributed by atoms with E-state index in [-0.39, 0.29) is 6.04 Å². The van der Waals surface area contributed by atoms with Crippen molar-refractivity contribution in [1.82, 2.24) is 5.32 Å². The molecule has 1 fully saturated rings. The molecule has 0 bridgehead atoms. The molecule has 2 aliphatic rings. The molecule has 1 N–H and O–H groups in total. The minimum atomic E-state index is 0.142. The van der Waals surface area contributed by atoms with Crippen LogP contribution >= 0.6 is 0 Å². The molecule has 2 heterocycles. The lowest BCUT2D eigenvalue weighted by Crippen LogP contribution is -2.34. The highest BCUT2D eigenvalue weighted by atomic mass is 16.5. The maximum absolute atomic E-state index is 5.79. The summed E-state index contributed by atoms with van der Waals surface area (Å²) in [4.78, 5) is 4.75. The van der Waals surface area contributed by atoms with Crippen molar-refractivity contribution >= 4 is 5.90 Å². The average molecular weight is 260 g/mol. The van der Waals surface area contributed by atoms with E-state index in [9.17, 15) is 0 Å². The van der Waals surface area contributed by atoms with Crippen molar-refractivity contribution < 1.29 is 9.47 Å². The van der Waals surface area contributed by atoms with E-state index in [1.165, 1.54) is 18.4 Å². The van der Waals surface area contributed by atoms with Gasteiger partial charge >= 0.3 is 0 Å². The molecule has 0 aliphatic carbocycles. The SMILES string of the molecule is COc1ccc(C2COC(C3CCCNC3)=N2)cc1. The maximum atomic E-state index is 5.79. The molecule has 0 saturated carbocycles. The predicted molar refractivity (Wildman–Crippen MR) is 74.7 cm³/mol. The molecule has 0 spiro atoms. The molecule has 19 heavy (non-hydrogen) atoms. The quantitative estimate of drug-likeness (QED) is 0.905. The van der Waals surface area contributed by atoms with Crippen LogP contribution in [0.1, 0.15) is 24.4 Å². The normalized spacial score (nSPS) is 26.7. The second kappa shape index (κ2) is 5.61. The number of ether oxygens (including phenoxy) is 2. The van der Waals surface area contributed by atoms with Gasteiger partial charge in [0, 0.05) is 12.5 Å². The second-order valence-corrected chi connectivity index (χ2v) is 5.11. The smallest absolute Gasteiger partial charge is 0.188 e. The van der Waals surface area contributed by atoms with Crippen LogP contribution in [0.3, 0.4) is 0 Å². The molecule has 2 atom stereocenters. The van der Waals surface area contributed by atoms with Crippen LogP contribution in [-0.4, -0.2) is 32.7 Å². The highest BCUT2D eigenvalue weighted by Gasteiger charge is 2.27. The van der Waals surface area contributed by atoms with Crippen molar-refractivity contribution in [2.24, 2.45) is 10.9 Å². The molecule has 4 heteroatoms. The van der Waals surface area contributed by atoms with Crippen LogP contribution in [0.25, 0.3) is 0 Å². The number of nitrogens with one attached hydrogen (secondary N) is 1. The minimum absolute atomic E-state index is 0.142. The van der Waals surface area contributed by atoms with Crippen LogP contribution < -0.4 is 10.1 Å². The number of hydrogen-bond donors (Lipinski definition) is 1. The number of benzene rings is 1. The minimum Gasteiger partial charge on any atom is -0.497 e. The van der Waals surface area contributed by atoms with Gasteiger partial charge in [-0.15, -0.1) is 0 Å². The first-order chi connectivity index (χ1) is 9.36. The van der Waals surface area contributed by atoms with Gasteiger partial charge in [0.1, 0.15) is 18.4 Å². The van der Waals surface area contributed by atoms with Gasteiger partial charge in [-0.1, -0.05) is 12.1 Å². The van der Waals surface area contributed by atoms with E-state index in [0.717, 1.165) is 24.7 Å². The first-order valence-electron chi connectivity index (χ1n) is 6.92. The second-order valence-electron chi connectivity index (χ2n) is 5.11. The van der Waals surface area contributed by atoms with Gasteiger partial charge in [-0.25, -0.2) is 4.99 Å². The van der Waals surface area contributed by atoms with Crippen molar-refractivity contribution in [2.45, 2.75) is 18.9 Å². The Bertz CT molecular complexity index is 450. The lowest BCUT2D eigenvalue weighted by molar-refractivity contribution is 0.286. The van der Waals surface area contributed by atoms with E-state index in [1.54, 1.807) is 7.11 Å². The zero-order chi connectivity index (χ0) is 13.1. The standard InChI is InChI=1S/C15H20N2O2/c1-18-13-6-4-11(5-7-13)14-10-19-15(17-14)12-3-2-8-16-9-12/h4-7,12,14,16H,2-3,8-10H2,1H3. The maximum Gasteiger partial charge on any atom is 0.188 e. The van der Waals surface area contributed by atoms with Gasteiger partial charge < -0.3 is 14.8 Å². The Morgan fingerprint density at radius 2 is 2.16 bits per heavy atom. The Labute approximate surface area is 113 Å². The fourth-order valence-electron chi connectivity index (χ4n) is 2.68. The summed E-state index contributed by atoms with van der Waals surface area (Å²) in [5.74, 6) is 2.27. The summed E-state index contributed by atoms with van der Waals surface area (Å²) in [6.07, 6.45) is 2.39. The van der Waals surface area contributed by atoms with Gasteiger partial charge in [0.05, 0.1) is 7.11 Å². The molecule has 0 amide bonds. The lowest BCUT2D eigenvalue weighted by Gasteiger charge is -2.21. The summed E-state index contributed by atoms with van der Waals surface area (Å²) in [6, 6.07) is 8.23. The molecule has 2 unspecified atom stereocenters. The molecule has 0 aromatic heterocycles. The number of aliphatic imine (C=N–C) groups is 1. The first kappa shape index (κ1) is 12.5. The van der Waals surface area contributed by atoms with E-state index >= 15 is 0 Å². The van der Waals surface area contributed by atoms with Crippen LogP contribution in [0.5, 0.6) is 5.75 Å². The van der Waals surface area contributed by atoms with Crippen LogP contribution in [-0.2, 0) is 4.74 Å². The largest absolute Gasteiger partial charge is 0.497 e. The van der Waals surface area contributed by atoms with Gasteiger partial charge in [-0.3, -0.25) is 0 Å². The van der Waals surface area contributed by atoms with Crippen LogP contribution in [0.4, 0.5) is 0 Å². The van der Waals surface area contributed by atoms with Crippen molar-refractivity contribution in [3.63, 3.8) is 0 Å². The van der Waals surface area contributed by atoms with Crippen LogP contribution in [0.2, 0.25) is 0 Å². The third-order valence-corrected chi connectivity index (χ3v) is 3.82. The molecule has 1 saturated heterocycles. The third kappa shape index (κ3) is 2.73. The van der Waals surface area contributed by atoms with Crippen molar-refractivity contribution in [3.05, 3.63) is 29.8 Å². The third-order valence-electron chi connectivity index (χ3n) is 3.82. The fourth-order valence-corrected chi connectivity index (χ4v) is 2.68. The summed E-state index contributed by atoms with van der Waals surface area (Å²) in [5.41, 5.74) is 1.19. The Balaban J connectivity index is 1.70. The summed E-state index contributed by atoms with van der Waals surface area (Å²) in [6.45, 7) is 2.78. The number of nitrogens with zero attached hydrogens (tertiary/aromatic N) is 1. The number of piperidine rings is 1. The first-order valence-corrected chi connectivity index (χ1v) is 6.92. The molecular weight excluding hydrogens is 240 g/mol. The molecular formula is C15H20N2O2. The van der Waals surface area contributed by atoms with Gasteiger partial charge in [0.2, 0.25) is 0 Å². The molecule has 1 aromatic rings. The zero-order valence-electron chi connectivity index (χ0n) is 11.3. The Morgan fingerprint density at radius 3 is 2.84 bits per heavy atom. The van der Waals surface area contributed by atoms with Crippen molar-refractivity contribution in [3.8, 4) is 5.75 Å². The molecule has 102 valence electrons. The Kier molecular flexibility index (Phi) is 3.69. The van der Waals surface area contributed by atoms with Crippen LogP contribution in [0, 0.1) is 5.92 Å². The fraction of sp³-hybridized carbons (Fsp3) is 0.533. The predicted octanol–water partition coefficient (Wildman–Crippen LogP) is 2.16. The van der Waals surface area contributed by atoms with E-state index in [4.69, 9.17) is 14.5 Å². The van der Waals surface area contributed by atoms with E-state index < -0.39 is 0 Å². The monoisotopic (exact) mass is 260 g/mol. The molecule has 4 nitrogen and oxygen atoms in total. The highest BCUT2D eigenvalue weighted by molar-refractivity contribution is 5.80. The van der Waals surface area contributed by atoms with Crippen LogP contribution in [0.15, 0.2) is 29.3 Å². The van der Waals surface area contributed by atoms with E-state index in [0.29, 0.717) is 12.5 Å². The zero-order valence-corrected chi connectivity index (χ0v) is 11.3. The average Bonchev–Trinajstić information content (AvgIpc) is 2.98. The summed E-state index contributed by atoms with van der Waals surface area (Å²) >= 11 is 0. The molecule has 0 radical (unpaired) electrons. The Hall–Kier alpha value is -1.55. The van der Waals surface area contributed by atoms with Crippen molar-refractivity contribution in [2.75, 3.05) is 26.8 Å². The molecule has 1 aromatic carbocycles. The van der Waals surface area contributed by atoms with Gasteiger partial charge in [-0.05, 0) is 37.1 Å². The lowest BCUT2D eigenvalue weighted by atomic mass is 9.99. The summed E-state index contributed by atoms with van der Waals surface area (Å²) in [7, 11) is 1.68. The number of hydrogen-bond acceptors (Lipinski definition) is 4. The number of rotatable bonds is 3. The van der Waals surface area contributed by atoms with Gasteiger partial charge in [-0.2, -0.15) is 0 Å².